The number of rotatable bonds is 6. The van der Waals surface area contributed by atoms with Crippen LogP contribution < -0.4 is 9.64 Å². The number of para-hydroxylation sites is 1. The number of fused-ring (bicyclic) bond motifs is 1. The lowest BCUT2D eigenvalue weighted by molar-refractivity contribution is -0.151. The number of hydrogen-bond donors (Lipinski definition) is 0. The number of methoxy groups -OCH3 is 1. The first-order valence-corrected chi connectivity index (χ1v) is 10.3. The van der Waals surface area contributed by atoms with Gasteiger partial charge in [0.05, 0.1) is 19.0 Å². The highest BCUT2D eigenvalue weighted by atomic mass is 16.5. The highest BCUT2D eigenvalue weighted by molar-refractivity contribution is 5.87. The van der Waals surface area contributed by atoms with E-state index < -0.39 is 5.97 Å². The van der Waals surface area contributed by atoms with Crippen molar-refractivity contribution in [1.82, 2.24) is 9.88 Å². The molecule has 0 N–H and O–H groups in total. The van der Waals surface area contributed by atoms with E-state index in [-0.39, 0.29) is 18.9 Å². The Morgan fingerprint density at radius 3 is 2.45 bits per heavy atom. The van der Waals surface area contributed by atoms with Gasteiger partial charge in [-0.2, -0.15) is 0 Å². The molecule has 0 spiro atoms. The van der Waals surface area contributed by atoms with Crippen LogP contribution in [0, 0.1) is 0 Å². The maximum absolute atomic E-state index is 12.5. The number of nitrogens with zero attached hydrogens (tertiary/aromatic N) is 3. The van der Waals surface area contributed by atoms with Gasteiger partial charge < -0.3 is 19.3 Å². The lowest BCUT2D eigenvalue weighted by atomic mass is 10.1. The zero-order valence-electron chi connectivity index (χ0n) is 17.5. The summed E-state index contributed by atoms with van der Waals surface area (Å²) in [6, 6.07) is 17.4. The van der Waals surface area contributed by atoms with E-state index >= 15 is 0 Å². The van der Waals surface area contributed by atoms with Gasteiger partial charge >= 0.3 is 5.97 Å². The van der Waals surface area contributed by atoms with Crippen LogP contribution in [0.2, 0.25) is 0 Å². The normalized spacial score (nSPS) is 13.8. The Morgan fingerprint density at radius 1 is 0.968 bits per heavy atom. The number of pyridine rings is 1. The molecule has 3 aromatic rings. The van der Waals surface area contributed by atoms with Gasteiger partial charge in [-0.15, -0.1) is 0 Å². The van der Waals surface area contributed by atoms with Crippen molar-refractivity contribution in [2.24, 2.45) is 0 Å². The lowest BCUT2D eigenvalue weighted by Gasteiger charge is -2.36. The first-order valence-electron chi connectivity index (χ1n) is 10.3. The fourth-order valence-corrected chi connectivity index (χ4v) is 3.76. The molecule has 1 amide bonds. The van der Waals surface area contributed by atoms with E-state index in [4.69, 9.17) is 9.47 Å². The highest BCUT2D eigenvalue weighted by Gasteiger charge is 2.22. The number of ether oxygens (including phenoxy) is 2. The third-order valence-electron chi connectivity index (χ3n) is 5.48. The second kappa shape index (κ2) is 9.47. The summed E-state index contributed by atoms with van der Waals surface area (Å²) in [5.41, 5.74) is 2.68. The van der Waals surface area contributed by atoms with Gasteiger partial charge in [-0.05, 0) is 35.9 Å². The minimum Gasteiger partial charge on any atom is -0.497 e. The first kappa shape index (κ1) is 20.7. The van der Waals surface area contributed by atoms with Gasteiger partial charge in [0, 0.05) is 43.4 Å². The van der Waals surface area contributed by atoms with E-state index in [9.17, 15) is 9.59 Å². The van der Waals surface area contributed by atoms with Crippen molar-refractivity contribution in [3.63, 3.8) is 0 Å². The smallest absolute Gasteiger partial charge is 0.310 e. The van der Waals surface area contributed by atoms with Crippen LogP contribution in [0.3, 0.4) is 0 Å². The predicted octanol–water partition coefficient (Wildman–Crippen LogP) is 2.68. The molecule has 1 saturated heterocycles. The number of carbonyl (C=O) groups excluding carboxylic acids is 2. The van der Waals surface area contributed by atoms with Gasteiger partial charge in [-0.1, -0.05) is 24.3 Å². The zero-order valence-corrected chi connectivity index (χ0v) is 17.5. The van der Waals surface area contributed by atoms with E-state index in [1.54, 1.807) is 18.2 Å². The number of esters is 1. The molecule has 0 atom stereocenters. The molecule has 0 unspecified atom stereocenters. The fraction of sp³-hybridized carbons (Fsp3) is 0.292. The van der Waals surface area contributed by atoms with Gasteiger partial charge in [0.2, 0.25) is 0 Å². The molecule has 4 rings (SSSR count). The standard InChI is InChI=1S/C24H25N3O4/c1-30-21-9-7-20(8-10-21)26-12-14-27(15-13-26)22(28)17-31-23(29)16-19-5-2-4-18-6-3-11-25-24(18)19/h2-11H,12-17H2,1H3. The van der Waals surface area contributed by atoms with Gasteiger partial charge in [0.1, 0.15) is 5.75 Å². The molecule has 1 aliphatic rings. The molecular formula is C24H25N3O4. The third-order valence-corrected chi connectivity index (χ3v) is 5.48. The van der Waals surface area contributed by atoms with E-state index in [1.165, 1.54) is 0 Å². The Balaban J connectivity index is 1.26. The molecule has 2 aromatic carbocycles. The number of benzene rings is 2. The summed E-state index contributed by atoms with van der Waals surface area (Å²) in [5, 5.41) is 0.971. The van der Waals surface area contributed by atoms with Crippen molar-refractivity contribution in [1.29, 1.82) is 0 Å². The van der Waals surface area contributed by atoms with Gasteiger partial charge in [-0.3, -0.25) is 14.6 Å². The summed E-state index contributed by atoms with van der Waals surface area (Å²) in [6.07, 6.45) is 1.79. The van der Waals surface area contributed by atoms with Crippen LogP contribution in [0.5, 0.6) is 5.75 Å². The number of hydrogen-bond acceptors (Lipinski definition) is 6. The average molecular weight is 419 g/mol. The van der Waals surface area contributed by atoms with Crippen LogP contribution in [0.25, 0.3) is 10.9 Å². The summed E-state index contributed by atoms with van der Waals surface area (Å²) in [5.74, 6) is 0.223. The molecule has 1 aromatic heterocycles. The maximum atomic E-state index is 12.5. The molecule has 1 fully saturated rings. The van der Waals surface area contributed by atoms with Crippen LogP contribution >= 0.6 is 0 Å². The Kier molecular flexibility index (Phi) is 6.31. The molecule has 1 aliphatic heterocycles. The molecule has 7 heteroatoms. The van der Waals surface area contributed by atoms with Gasteiger partial charge in [0.15, 0.2) is 6.61 Å². The largest absolute Gasteiger partial charge is 0.497 e. The van der Waals surface area contributed by atoms with Crippen LogP contribution in [0.1, 0.15) is 5.56 Å². The Bertz CT molecular complexity index is 1050. The zero-order chi connectivity index (χ0) is 21.6. The molecule has 0 aliphatic carbocycles. The Labute approximate surface area is 181 Å². The number of anilines is 1. The van der Waals surface area contributed by atoms with E-state index in [0.717, 1.165) is 41.0 Å². The van der Waals surface area contributed by atoms with Crippen LogP contribution in [0.4, 0.5) is 5.69 Å². The molecule has 0 bridgehead atoms. The second-order valence-corrected chi connectivity index (χ2v) is 7.40. The maximum Gasteiger partial charge on any atom is 0.310 e. The first-order chi connectivity index (χ1) is 15.1. The van der Waals surface area contributed by atoms with Gasteiger partial charge in [-0.25, -0.2) is 0 Å². The van der Waals surface area contributed by atoms with E-state index in [1.807, 2.05) is 54.6 Å². The minimum atomic E-state index is -0.427. The number of amides is 1. The molecule has 0 radical (unpaired) electrons. The van der Waals surface area contributed by atoms with Gasteiger partial charge in [0.25, 0.3) is 5.91 Å². The van der Waals surface area contributed by atoms with Crippen molar-refractivity contribution in [3.05, 3.63) is 66.4 Å². The lowest BCUT2D eigenvalue weighted by Crippen LogP contribution is -2.49. The molecule has 7 nitrogen and oxygen atoms in total. The average Bonchev–Trinajstić information content (AvgIpc) is 2.83. The van der Waals surface area contributed by atoms with Crippen molar-refractivity contribution >= 4 is 28.5 Å². The Hall–Kier alpha value is -3.61. The molecular weight excluding hydrogens is 394 g/mol. The monoisotopic (exact) mass is 419 g/mol. The van der Waals surface area contributed by atoms with Crippen LogP contribution in [-0.4, -0.2) is 61.7 Å². The van der Waals surface area contributed by atoms with Crippen molar-refractivity contribution < 1.29 is 19.1 Å². The molecule has 0 saturated carbocycles. The van der Waals surface area contributed by atoms with Crippen LogP contribution in [0.15, 0.2) is 60.8 Å². The quantitative estimate of drug-likeness (QED) is 0.572. The predicted molar refractivity (Wildman–Crippen MR) is 118 cm³/mol. The Morgan fingerprint density at radius 2 is 1.71 bits per heavy atom. The molecule has 31 heavy (non-hydrogen) atoms. The van der Waals surface area contributed by atoms with E-state index in [2.05, 4.69) is 9.88 Å². The summed E-state index contributed by atoms with van der Waals surface area (Å²) in [7, 11) is 1.64. The summed E-state index contributed by atoms with van der Waals surface area (Å²) in [4.78, 5) is 33.1. The van der Waals surface area contributed by atoms with Crippen LogP contribution in [-0.2, 0) is 20.7 Å². The summed E-state index contributed by atoms with van der Waals surface area (Å²) >= 11 is 0. The number of aromatic nitrogens is 1. The molecule has 160 valence electrons. The highest BCUT2D eigenvalue weighted by Crippen LogP contribution is 2.21. The van der Waals surface area contributed by atoms with E-state index in [0.29, 0.717) is 13.1 Å². The van der Waals surface area contributed by atoms with Crippen molar-refractivity contribution in [2.45, 2.75) is 6.42 Å². The third kappa shape index (κ3) is 4.94. The second-order valence-electron chi connectivity index (χ2n) is 7.40. The number of carbonyl (C=O) groups is 2. The summed E-state index contributed by atoms with van der Waals surface area (Å²) in [6.45, 7) is 2.41. The molecule has 2 heterocycles. The SMILES string of the molecule is COc1ccc(N2CCN(C(=O)COC(=O)Cc3cccc4cccnc34)CC2)cc1. The van der Waals surface area contributed by atoms with Crippen molar-refractivity contribution in [3.8, 4) is 5.75 Å². The topological polar surface area (TPSA) is 72.0 Å². The van der Waals surface area contributed by atoms with Crippen molar-refractivity contribution in [2.75, 3.05) is 44.8 Å². The minimum absolute atomic E-state index is 0.0902. The fourth-order valence-electron chi connectivity index (χ4n) is 3.76. The summed E-state index contributed by atoms with van der Waals surface area (Å²) < 4.78 is 10.5. The number of piperazine rings is 1.